The minimum Gasteiger partial charge on any atom is -0.374 e. The van der Waals surface area contributed by atoms with Gasteiger partial charge in [-0.3, -0.25) is 0 Å². The second kappa shape index (κ2) is 16.7. The van der Waals surface area contributed by atoms with Gasteiger partial charge in [-0.2, -0.15) is 0 Å². The second-order valence-electron chi connectivity index (χ2n) is 12.4. The number of benzene rings is 4. The van der Waals surface area contributed by atoms with Gasteiger partial charge < -0.3 is 23.7 Å². The maximum Gasteiger partial charge on any atom is 0.146 e. The van der Waals surface area contributed by atoms with Crippen molar-refractivity contribution < 1.29 is 23.7 Å². The van der Waals surface area contributed by atoms with E-state index < -0.39 is 38.6 Å². The van der Waals surface area contributed by atoms with E-state index in [-0.39, 0.29) is 0 Å². The molecule has 1 heterocycles. The topological polar surface area (TPSA) is 46.2 Å². The zero-order valence-electron chi connectivity index (χ0n) is 26.5. The van der Waals surface area contributed by atoms with Crippen molar-refractivity contribution >= 4 is 8.07 Å². The molecule has 1 aliphatic heterocycles. The first-order valence-corrected chi connectivity index (χ1v) is 19.2. The first-order chi connectivity index (χ1) is 21.9. The minimum atomic E-state index is -1.72. The van der Waals surface area contributed by atoms with Crippen molar-refractivity contribution in [3.05, 3.63) is 144 Å². The predicted octanol–water partition coefficient (Wildman–Crippen LogP) is 7.61. The van der Waals surface area contributed by atoms with Gasteiger partial charge in [-0.1, -0.05) is 147 Å². The predicted molar refractivity (Wildman–Crippen MR) is 181 cm³/mol. The van der Waals surface area contributed by atoms with Gasteiger partial charge in [-0.05, 0) is 22.3 Å². The summed E-state index contributed by atoms with van der Waals surface area (Å²) in [7, 11) is -1.72. The highest BCUT2D eigenvalue weighted by Gasteiger charge is 2.48. The smallest absolute Gasteiger partial charge is 0.146 e. The standard InChI is InChI=1S/C39H44O5Si/c1-45(2,3)25-24-35-37(41-27-32-18-10-5-11-19-32)39(43-29-34-22-14-7-15-23-34)38(42-28-33-20-12-6-13-21-33)36(44-35)30-40-26-31-16-8-4-9-17-31/h4-23,35-39H,26-30H2,1-3H3/t35-,36+,37-,38-,39+/m0/s1. The molecule has 1 saturated heterocycles. The van der Waals surface area contributed by atoms with Crippen LogP contribution >= 0.6 is 0 Å². The molecular formula is C39H44O5Si. The molecule has 0 amide bonds. The highest BCUT2D eigenvalue weighted by molar-refractivity contribution is 6.83. The van der Waals surface area contributed by atoms with Crippen molar-refractivity contribution in [2.75, 3.05) is 6.61 Å². The molecule has 5 rings (SSSR count). The molecule has 4 aromatic rings. The lowest BCUT2D eigenvalue weighted by Gasteiger charge is -2.45. The van der Waals surface area contributed by atoms with Gasteiger partial charge in [0.15, 0.2) is 0 Å². The molecule has 0 saturated carbocycles. The van der Waals surface area contributed by atoms with Crippen LogP contribution in [0.15, 0.2) is 121 Å². The van der Waals surface area contributed by atoms with Crippen LogP contribution in [0.25, 0.3) is 0 Å². The molecule has 0 N–H and O–H groups in total. The Morgan fingerprint density at radius 3 is 1.38 bits per heavy atom. The Morgan fingerprint density at radius 2 is 0.933 bits per heavy atom. The first kappa shape index (κ1) is 32.8. The fourth-order valence-electron chi connectivity index (χ4n) is 5.19. The molecule has 0 aromatic heterocycles. The summed E-state index contributed by atoms with van der Waals surface area (Å²) >= 11 is 0. The van der Waals surface area contributed by atoms with Gasteiger partial charge >= 0.3 is 0 Å². The Morgan fingerprint density at radius 1 is 0.533 bits per heavy atom. The molecule has 234 valence electrons. The average Bonchev–Trinajstić information content (AvgIpc) is 3.06. The van der Waals surface area contributed by atoms with E-state index in [1.165, 1.54) is 0 Å². The normalized spacial score (nSPS) is 21.5. The van der Waals surface area contributed by atoms with Gasteiger partial charge in [0.1, 0.15) is 38.6 Å². The quantitative estimate of drug-likeness (QED) is 0.114. The molecule has 0 bridgehead atoms. The molecule has 1 fully saturated rings. The summed E-state index contributed by atoms with van der Waals surface area (Å²) in [6, 6.07) is 40.7. The van der Waals surface area contributed by atoms with E-state index in [0.29, 0.717) is 33.0 Å². The summed E-state index contributed by atoms with van der Waals surface area (Å²) in [5, 5.41) is 0. The average molecular weight is 621 g/mol. The number of hydrogen-bond donors (Lipinski definition) is 0. The van der Waals surface area contributed by atoms with Crippen molar-refractivity contribution in [2.24, 2.45) is 0 Å². The first-order valence-electron chi connectivity index (χ1n) is 15.7. The van der Waals surface area contributed by atoms with Crippen LogP contribution in [0.2, 0.25) is 19.6 Å². The largest absolute Gasteiger partial charge is 0.374 e. The molecule has 6 heteroatoms. The Kier molecular flexibility index (Phi) is 12.2. The van der Waals surface area contributed by atoms with E-state index in [2.05, 4.69) is 79.6 Å². The molecule has 45 heavy (non-hydrogen) atoms. The summed E-state index contributed by atoms with van der Waals surface area (Å²) in [6.45, 7) is 8.73. The zero-order chi connectivity index (χ0) is 31.3. The maximum absolute atomic E-state index is 6.80. The van der Waals surface area contributed by atoms with Crippen LogP contribution in [0, 0.1) is 11.5 Å². The number of rotatable bonds is 13. The van der Waals surface area contributed by atoms with Crippen molar-refractivity contribution in [1.29, 1.82) is 0 Å². The Balaban J connectivity index is 1.46. The zero-order valence-corrected chi connectivity index (χ0v) is 27.5. The maximum atomic E-state index is 6.80. The Bertz CT molecular complexity index is 1470. The third-order valence-electron chi connectivity index (χ3n) is 7.47. The van der Waals surface area contributed by atoms with Gasteiger partial charge in [-0.15, -0.1) is 5.54 Å². The summed E-state index contributed by atoms with van der Waals surface area (Å²) in [5.74, 6) is 3.48. The number of ether oxygens (including phenoxy) is 5. The third-order valence-corrected chi connectivity index (χ3v) is 8.37. The minimum absolute atomic E-state index is 0.329. The van der Waals surface area contributed by atoms with Crippen LogP contribution < -0.4 is 0 Å². The molecule has 0 aliphatic carbocycles. The van der Waals surface area contributed by atoms with Crippen molar-refractivity contribution in [2.45, 2.75) is 76.6 Å². The molecule has 0 spiro atoms. The van der Waals surface area contributed by atoms with Gasteiger partial charge in [0.25, 0.3) is 0 Å². The molecule has 5 atom stereocenters. The summed E-state index contributed by atoms with van der Waals surface area (Å²) in [6.07, 6.45) is -2.34. The van der Waals surface area contributed by atoms with Crippen molar-refractivity contribution in [3.63, 3.8) is 0 Å². The second-order valence-corrected chi connectivity index (χ2v) is 17.1. The summed E-state index contributed by atoms with van der Waals surface area (Å²) < 4.78 is 33.3. The molecular weight excluding hydrogens is 577 g/mol. The molecule has 4 aromatic carbocycles. The van der Waals surface area contributed by atoms with E-state index >= 15 is 0 Å². The lowest BCUT2D eigenvalue weighted by Crippen LogP contribution is -2.61. The van der Waals surface area contributed by atoms with Crippen LogP contribution in [0.3, 0.4) is 0 Å². The van der Waals surface area contributed by atoms with Gasteiger partial charge in [-0.25, -0.2) is 0 Å². The van der Waals surface area contributed by atoms with Gasteiger partial charge in [0, 0.05) is 0 Å². The summed E-state index contributed by atoms with van der Waals surface area (Å²) in [4.78, 5) is 0. The van der Waals surface area contributed by atoms with Crippen LogP contribution in [0.1, 0.15) is 22.3 Å². The Labute approximate surface area is 269 Å². The lowest BCUT2D eigenvalue weighted by atomic mass is 9.94. The highest BCUT2D eigenvalue weighted by Crippen LogP contribution is 2.31. The third kappa shape index (κ3) is 10.5. The monoisotopic (exact) mass is 620 g/mol. The van der Waals surface area contributed by atoms with Crippen molar-refractivity contribution in [1.82, 2.24) is 0 Å². The summed E-state index contributed by atoms with van der Waals surface area (Å²) in [5.41, 5.74) is 7.87. The van der Waals surface area contributed by atoms with E-state index in [1.54, 1.807) is 0 Å². The number of hydrogen-bond acceptors (Lipinski definition) is 5. The molecule has 1 aliphatic rings. The van der Waals surface area contributed by atoms with E-state index in [4.69, 9.17) is 23.7 Å². The van der Waals surface area contributed by atoms with Crippen LogP contribution in [-0.4, -0.2) is 45.2 Å². The lowest BCUT2D eigenvalue weighted by molar-refractivity contribution is -0.261. The van der Waals surface area contributed by atoms with E-state index in [9.17, 15) is 0 Å². The van der Waals surface area contributed by atoms with E-state index in [1.807, 2.05) is 72.8 Å². The Hall–Kier alpha value is -3.54. The van der Waals surface area contributed by atoms with Gasteiger partial charge in [0.05, 0.1) is 33.0 Å². The van der Waals surface area contributed by atoms with Gasteiger partial charge in [0.2, 0.25) is 0 Å². The fraction of sp³-hybridized carbons (Fsp3) is 0.333. The van der Waals surface area contributed by atoms with Crippen LogP contribution in [0.5, 0.6) is 0 Å². The SMILES string of the molecule is C[Si](C)(C)C#C[C@@H]1O[C@H](COCc2ccccc2)[C@H](OCc2ccccc2)[C@H](OCc2ccccc2)[C@H]1OCc1ccccc1. The fourth-order valence-corrected chi connectivity index (χ4v) is 5.77. The molecule has 0 radical (unpaired) electrons. The van der Waals surface area contributed by atoms with E-state index in [0.717, 1.165) is 22.3 Å². The highest BCUT2D eigenvalue weighted by atomic mass is 28.3. The molecule has 0 unspecified atom stereocenters. The molecule has 5 nitrogen and oxygen atoms in total. The van der Waals surface area contributed by atoms with Crippen molar-refractivity contribution in [3.8, 4) is 11.5 Å². The van der Waals surface area contributed by atoms with Crippen LogP contribution in [-0.2, 0) is 50.1 Å². The van der Waals surface area contributed by atoms with Crippen LogP contribution in [0.4, 0.5) is 0 Å².